The lowest BCUT2D eigenvalue weighted by molar-refractivity contribution is -0.117. The summed E-state index contributed by atoms with van der Waals surface area (Å²) in [6.07, 6.45) is 12.0. The standard InChI is InChI=1S/C22H22O3.C21H20O4/c1-2-19(23)11-10-16-6-8-17(9-7-16)15-25-20-12-13-21-18(14-20)4-3-5-22(21)24;22-13-18(23)9-8-15-4-6-16(7-5-15)14-25-19-10-11-20-17(12-19)2-1-3-21(20)24/h6-14H,2-5,15H2,1H3;4-12,22H,1-3,13-14H2/b11-10+;9-8+. The highest BCUT2D eigenvalue weighted by Crippen LogP contribution is 2.27. The predicted octanol–water partition coefficient (Wildman–Crippen LogP) is 8.14. The van der Waals surface area contributed by atoms with Crippen molar-refractivity contribution in [2.24, 2.45) is 0 Å². The number of fused-ring (bicyclic) bond motifs is 2. The molecule has 2 aliphatic carbocycles. The number of ether oxygens (including phenoxy) is 2. The fraction of sp³-hybridized carbons (Fsp3) is 0.256. The smallest absolute Gasteiger partial charge is 0.181 e. The van der Waals surface area contributed by atoms with E-state index in [4.69, 9.17) is 14.6 Å². The van der Waals surface area contributed by atoms with Crippen LogP contribution in [0.4, 0.5) is 0 Å². The molecule has 2 aliphatic rings. The maximum atomic E-state index is 11.9. The van der Waals surface area contributed by atoms with E-state index in [1.54, 1.807) is 12.2 Å². The molecule has 0 spiro atoms. The Balaban J connectivity index is 0.000000194. The average molecular weight is 671 g/mol. The summed E-state index contributed by atoms with van der Waals surface area (Å²) in [4.78, 5) is 46.1. The van der Waals surface area contributed by atoms with Crippen molar-refractivity contribution in [3.63, 3.8) is 0 Å². The van der Waals surface area contributed by atoms with Crippen LogP contribution in [0.3, 0.4) is 0 Å². The molecule has 0 atom stereocenters. The van der Waals surface area contributed by atoms with Gasteiger partial charge < -0.3 is 14.6 Å². The molecule has 0 aromatic heterocycles. The summed E-state index contributed by atoms with van der Waals surface area (Å²) in [5, 5.41) is 8.69. The van der Waals surface area contributed by atoms with Crippen LogP contribution in [-0.2, 0) is 35.6 Å². The number of aliphatic hydroxyl groups excluding tert-OH is 1. The zero-order valence-electron chi connectivity index (χ0n) is 28.4. The molecule has 6 rings (SSSR count). The molecule has 0 saturated carbocycles. The minimum absolute atomic E-state index is 0.123. The van der Waals surface area contributed by atoms with E-state index in [9.17, 15) is 19.2 Å². The Morgan fingerprint density at radius 1 is 0.620 bits per heavy atom. The fourth-order valence-electron chi connectivity index (χ4n) is 5.76. The van der Waals surface area contributed by atoms with E-state index in [1.807, 2.05) is 97.9 Å². The zero-order chi connectivity index (χ0) is 35.3. The van der Waals surface area contributed by atoms with Gasteiger partial charge in [-0.3, -0.25) is 19.2 Å². The Morgan fingerprint density at radius 2 is 1.06 bits per heavy atom. The van der Waals surface area contributed by atoms with Crippen molar-refractivity contribution in [2.45, 2.75) is 65.1 Å². The molecule has 0 fully saturated rings. The Bertz CT molecular complexity index is 1740. The third-order valence-corrected chi connectivity index (χ3v) is 8.65. The van der Waals surface area contributed by atoms with Crippen LogP contribution in [0.1, 0.15) is 93.1 Å². The highest BCUT2D eigenvalue weighted by molar-refractivity contribution is 5.99. The number of allylic oxidation sites excluding steroid dienone is 1. The first-order chi connectivity index (χ1) is 24.3. The maximum Gasteiger partial charge on any atom is 0.181 e. The molecule has 4 aromatic carbocycles. The van der Waals surface area contributed by atoms with Gasteiger partial charge in [-0.1, -0.05) is 67.6 Å². The number of hydrogen-bond acceptors (Lipinski definition) is 7. The van der Waals surface area contributed by atoms with Crippen molar-refractivity contribution in [3.05, 3.63) is 142 Å². The van der Waals surface area contributed by atoms with Gasteiger partial charge in [0.2, 0.25) is 0 Å². The van der Waals surface area contributed by atoms with Gasteiger partial charge in [0.05, 0.1) is 0 Å². The van der Waals surface area contributed by atoms with E-state index >= 15 is 0 Å². The van der Waals surface area contributed by atoms with Crippen LogP contribution in [0.5, 0.6) is 11.5 Å². The molecule has 0 amide bonds. The second-order valence-corrected chi connectivity index (χ2v) is 12.4. The number of Topliss-reactive ketones (excluding diaryl/α,β-unsaturated/α-hetero) is 2. The first-order valence-electron chi connectivity index (χ1n) is 17.1. The SMILES string of the molecule is CCC(=O)/C=C/c1ccc(COc2ccc3c(c2)CCCC3=O)cc1.O=C(/C=C/c1ccc(COc2ccc3c(c2)CCCC3=O)cc1)CO. The zero-order valence-corrected chi connectivity index (χ0v) is 28.4. The van der Waals surface area contributed by atoms with Gasteiger partial charge in [0.15, 0.2) is 23.1 Å². The van der Waals surface area contributed by atoms with Crippen molar-refractivity contribution >= 4 is 35.3 Å². The van der Waals surface area contributed by atoms with Crippen molar-refractivity contribution in [1.29, 1.82) is 0 Å². The Kier molecular flexibility index (Phi) is 12.8. The molecule has 50 heavy (non-hydrogen) atoms. The molecular weight excluding hydrogens is 628 g/mol. The number of carbonyl (C=O) groups excluding carboxylic acids is 4. The summed E-state index contributed by atoms with van der Waals surface area (Å²) in [5.74, 6) is 1.82. The van der Waals surface area contributed by atoms with E-state index < -0.39 is 6.61 Å². The van der Waals surface area contributed by atoms with Crippen LogP contribution in [0.15, 0.2) is 97.1 Å². The molecule has 4 aromatic rings. The molecule has 7 heteroatoms. The van der Waals surface area contributed by atoms with E-state index in [1.165, 1.54) is 6.08 Å². The van der Waals surface area contributed by atoms with Crippen molar-refractivity contribution in [1.82, 2.24) is 0 Å². The monoisotopic (exact) mass is 670 g/mol. The maximum absolute atomic E-state index is 11.9. The Hall–Kier alpha value is -5.40. The molecule has 0 unspecified atom stereocenters. The van der Waals surface area contributed by atoms with Gasteiger partial charge in [-0.15, -0.1) is 0 Å². The van der Waals surface area contributed by atoms with Crippen LogP contribution in [0, 0.1) is 0 Å². The third-order valence-electron chi connectivity index (χ3n) is 8.65. The number of aryl methyl sites for hydroxylation is 2. The van der Waals surface area contributed by atoms with Crippen molar-refractivity contribution in [3.8, 4) is 11.5 Å². The van der Waals surface area contributed by atoms with Crippen molar-refractivity contribution in [2.75, 3.05) is 6.61 Å². The van der Waals surface area contributed by atoms with Crippen LogP contribution < -0.4 is 9.47 Å². The largest absolute Gasteiger partial charge is 0.489 e. The summed E-state index contributed by atoms with van der Waals surface area (Å²) in [6.45, 7) is 2.29. The molecule has 0 bridgehead atoms. The van der Waals surface area contributed by atoms with Crippen molar-refractivity contribution < 1.29 is 33.8 Å². The van der Waals surface area contributed by atoms with E-state index in [2.05, 4.69) is 0 Å². The highest BCUT2D eigenvalue weighted by atomic mass is 16.5. The highest BCUT2D eigenvalue weighted by Gasteiger charge is 2.18. The summed E-state index contributed by atoms with van der Waals surface area (Å²) < 4.78 is 11.7. The molecule has 0 radical (unpaired) electrons. The van der Waals surface area contributed by atoms with E-state index in [0.717, 1.165) is 81.7 Å². The van der Waals surface area contributed by atoms with Gasteiger partial charge in [-0.25, -0.2) is 0 Å². The molecule has 1 N–H and O–H groups in total. The Labute approximate surface area is 293 Å². The first-order valence-corrected chi connectivity index (χ1v) is 17.1. The first kappa shape index (κ1) is 35.9. The second-order valence-electron chi connectivity index (χ2n) is 12.4. The second kappa shape index (κ2) is 17.8. The fourth-order valence-corrected chi connectivity index (χ4v) is 5.76. The number of rotatable bonds is 12. The minimum Gasteiger partial charge on any atom is -0.489 e. The number of aliphatic hydroxyl groups is 1. The predicted molar refractivity (Wildman–Crippen MR) is 194 cm³/mol. The lowest BCUT2D eigenvalue weighted by atomic mass is 9.90. The molecule has 256 valence electrons. The molecule has 7 nitrogen and oxygen atoms in total. The normalized spacial score (nSPS) is 13.7. The Morgan fingerprint density at radius 3 is 1.48 bits per heavy atom. The lowest BCUT2D eigenvalue weighted by Gasteiger charge is -2.16. The van der Waals surface area contributed by atoms with Gasteiger partial charge in [-0.05, 0) is 108 Å². The van der Waals surface area contributed by atoms with Crippen LogP contribution in [0.25, 0.3) is 12.2 Å². The van der Waals surface area contributed by atoms with E-state index in [-0.39, 0.29) is 23.1 Å². The van der Waals surface area contributed by atoms with Gasteiger partial charge in [0.1, 0.15) is 31.3 Å². The number of benzene rings is 4. The van der Waals surface area contributed by atoms with Crippen LogP contribution >= 0.6 is 0 Å². The lowest BCUT2D eigenvalue weighted by Crippen LogP contribution is -2.10. The quantitative estimate of drug-likeness (QED) is 0.152. The number of carbonyl (C=O) groups is 4. The third kappa shape index (κ3) is 10.3. The number of hydrogen-bond donors (Lipinski definition) is 1. The summed E-state index contributed by atoms with van der Waals surface area (Å²) in [7, 11) is 0. The van der Waals surface area contributed by atoms with Crippen LogP contribution in [0.2, 0.25) is 0 Å². The van der Waals surface area contributed by atoms with E-state index in [0.29, 0.717) is 32.5 Å². The summed E-state index contributed by atoms with van der Waals surface area (Å²) in [6, 6.07) is 27.0. The molecular formula is C43H42O7. The molecule has 0 heterocycles. The topological polar surface area (TPSA) is 107 Å². The summed E-state index contributed by atoms with van der Waals surface area (Å²) in [5.41, 5.74) is 7.80. The minimum atomic E-state index is -0.477. The van der Waals surface area contributed by atoms with Gasteiger partial charge in [0, 0.05) is 30.4 Å². The molecule has 0 saturated heterocycles. The van der Waals surface area contributed by atoms with Gasteiger partial charge >= 0.3 is 0 Å². The number of ketones is 4. The van der Waals surface area contributed by atoms with Gasteiger partial charge in [0.25, 0.3) is 0 Å². The van der Waals surface area contributed by atoms with Crippen LogP contribution in [-0.4, -0.2) is 34.8 Å². The summed E-state index contributed by atoms with van der Waals surface area (Å²) >= 11 is 0. The average Bonchev–Trinajstić information content (AvgIpc) is 3.15. The molecule has 0 aliphatic heterocycles. The van der Waals surface area contributed by atoms with Gasteiger partial charge in [-0.2, -0.15) is 0 Å².